The first-order chi connectivity index (χ1) is 9.69. The Labute approximate surface area is 123 Å². The van der Waals surface area contributed by atoms with E-state index in [1.165, 1.54) is 0 Å². The standard InChI is InChI=1S/C14H19ClN4O/c1-3-6-16-14-17-9-12(15)13(19-14)18-10(2)8-11-5-4-7-20-11/h4-5,7,9-10H,3,6,8H2,1-2H3,(H2,16,17,18,19). The molecule has 0 radical (unpaired) electrons. The zero-order valence-electron chi connectivity index (χ0n) is 11.7. The molecule has 6 heteroatoms. The summed E-state index contributed by atoms with van der Waals surface area (Å²) in [4.78, 5) is 8.53. The van der Waals surface area contributed by atoms with Crippen molar-refractivity contribution in [1.82, 2.24) is 9.97 Å². The zero-order valence-corrected chi connectivity index (χ0v) is 12.4. The third kappa shape index (κ3) is 4.13. The summed E-state index contributed by atoms with van der Waals surface area (Å²) in [6.07, 6.45) is 5.07. The third-order valence-corrected chi connectivity index (χ3v) is 3.02. The zero-order chi connectivity index (χ0) is 14.4. The van der Waals surface area contributed by atoms with Gasteiger partial charge in [0.05, 0.1) is 12.5 Å². The molecule has 0 aliphatic carbocycles. The van der Waals surface area contributed by atoms with E-state index in [9.17, 15) is 0 Å². The minimum absolute atomic E-state index is 0.160. The number of halogens is 1. The molecule has 0 fully saturated rings. The Morgan fingerprint density at radius 1 is 1.45 bits per heavy atom. The van der Waals surface area contributed by atoms with Gasteiger partial charge in [0.1, 0.15) is 10.8 Å². The van der Waals surface area contributed by atoms with Crippen LogP contribution in [0.3, 0.4) is 0 Å². The predicted octanol–water partition coefficient (Wildman–Crippen LogP) is 3.59. The fourth-order valence-electron chi connectivity index (χ4n) is 1.81. The van der Waals surface area contributed by atoms with Crippen LogP contribution < -0.4 is 10.6 Å². The highest BCUT2D eigenvalue weighted by atomic mass is 35.5. The number of hydrogen-bond acceptors (Lipinski definition) is 5. The van der Waals surface area contributed by atoms with Gasteiger partial charge in [0.25, 0.3) is 0 Å². The highest BCUT2D eigenvalue weighted by Crippen LogP contribution is 2.21. The van der Waals surface area contributed by atoms with Crippen LogP contribution in [0, 0.1) is 0 Å². The van der Waals surface area contributed by atoms with E-state index in [1.54, 1.807) is 12.5 Å². The van der Waals surface area contributed by atoms with Crippen molar-refractivity contribution in [3.63, 3.8) is 0 Å². The lowest BCUT2D eigenvalue weighted by atomic mass is 10.2. The maximum absolute atomic E-state index is 6.12. The van der Waals surface area contributed by atoms with Crippen LogP contribution in [0.4, 0.5) is 11.8 Å². The van der Waals surface area contributed by atoms with E-state index in [0.717, 1.165) is 25.1 Å². The number of nitrogens with one attached hydrogen (secondary N) is 2. The number of rotatable bonds is 7. The minimum atomic E-state index is 0.160. The smallest absolute Gasteiger partial charge is 0.224 e. The average Bonchev–Trinajstić information content (AvgIpc) is 2.92. The molecule has 1 unspecified atom stereocenters. The summed E-state index contributed by atoms with van der Waals surface area (Å²) in [5.41, 5.74) is 0. The first kappa shape index (κ1) is 14.7. The molecule has 0 saturated heterocycles. The van der Waals surface area contributed by atoms with Gasteiger partial charge in [-0.15, -0.1) is 0 Å². The molecule has 0 aliphatic rings. The molecule has 5 nitrogen and oxygen atoms in total. The molecule has 2 rings (SSSR count). The van der Waals surface area contributed by atoms with Crippen molar-refractivity contribution in [2.75, 3.05) is 17.2 Å². The third-order valence-electron chi connectivity index (χ3n) is 2.75. The minimum Gasteiger partial charge on any atom is -0.469 e. The molecule has 0 bridgehead atoms. The molecule has 108 valence electrons. The van der Waals surface area contributed by atoms with E-state index >= 15 is 0 Å². The van der Waals surface area contributed by atoms with Crippen LogP contribution >= 0.6 is 11.6 Å². The molecule has 0 saturated carbocycles. The molecule has 2 aromatic heterocycles. The summed E-state index contributed by atoms with van der Waals surface area (Å²) in [6, 6.07) is 3.99. The Hall–Kier alpha value is -1.75. The van der Waals surface area contributed by atoms with Crippen LogP contribution in [0.2, 0.25) is 5.02 Å². The number of nitrogens with zero attached hydrogens (tertiary/aromatic N) is 2. The molecule has 0 aliphatic heterocycles. The summed E-state index contributed by atoms with van der Waals surface area (Å²) in [5.74, 6) is 2.16. The average molecular weight is 295 g/mol. The maximum atomic E-state index is 6.12. The number of aromatic nitrogens is 2. The molecule has 2 aromatic rings. The van der Waals surface area contributed by atoms with E-state index in [0.29, 0.717) is 16.8 Å². The van der Waals surface area contributed by atoms with Gasteiger partial charge in [-0.2, -0.15) is 4.98 Å². The van der Waals surface area contributed by atoms with E-state index in [4.69, 9.17) is 16.0 Å². The molecule has 1 atom stereocenters. The molecule has 0 spiro atoms. The first-order valence-corrected chi connectivity index (χ1v) is 7.12. The Balaban J connectivity index is 2.00. The van der Waals surface area contributed by atoms with E-state index in [2.05, 4.69) is 34.4 Å². The van der Waals surface area contributed by atoms with Crippen molar-refractivity contribution < 1.29 is 4.42 Å². The second-order valence-electron chi connectivity index (χ2n) is 4.65. The van der Waals surface area contributed by atoms with Crippen molar-refractivity contribution in [1.29, 1.82) is 0 Å². The van der Waals surface area contributed by atoms with Gasteiger partial charge in [-0.25, -0.2) is 4.98 Å². The lowest BCUT2D eigenvalue weighted by Gasteiger charge is -2.15. The van der Waals surface area contributed by atoms with E-state index in [1.807, 2.05) is 12.1 Å². The van der Waals surface area contributed by atoms with E-state index in [-0.39, 0.29) is 6.04 Å². The summed E-state index contributed by atoms with van der Waals surface area (Å²) in [6.45, 7) is 4.98. The van der Waals surface area contributed by atoms with Crippen molar-refractivity contribution in [2.45, 2.75) is 32.7 Å². The van der Waals surface area contributed by atoms with Crippen LogP contribution in [0.5, 0.6) is 0 Å². The Bertz CT molecular complexity index is 530. The summed E-state index contributed by atoms with van der Waals surface area (Å²) in [7, 11) is 0. The number of furan rings is 1. The van der Waals surface area contributed by atoms with Gasteiger partial charge in [0, 0.05) is 19.0 Å². The fraction of sp³-hybridized carbons (Fsp3) is 0.429. The number of anilines is 2. The first-order valence-electron chi connectivity index (χ1n) is 6.74. The van der Waals surface area contributed by atoms with Crippen molar-refractivity contribution in [3.8, 4) is 0 Å². The topological polar surface area (TPSA) is 63.0 Å². The molecule has 0 aromatic carbocycles. The monoisotopic (exact) mass is 294 g/mol. The molecule has 0 amide bonds. The fourth-order valence-corrected chi connectivity index (χ4v) is 1.95. The van der Waals surface area contributed by atoms with Crippen LogP contribution in [0.1, 0.15) is 26.0 Å². The van der Waals surface area contributed by atoms with Gasteiger partial charge in [-0.05, 0) is 25.5 Å². The second kappa shape index (κ2) is 7.14. The lowest BCUT2D eigenvalue weighted by molar-refractivity contribution is 0.497. The van der Waals surface area contributed by atoms with Crippen molar-refractivity contribution in [2.24, 2.45) is 0 Å². The Morgan fingerprint density at radius 2 is 2.30 bits per heavy atom. The molecular weight excluding hydrogens is 276 g/mol. The van der Waals surface area contributed by atoms with Gasteiger partial charge >= 0.3 is 0 Å². The van der Waals surface area contributed by atoms with Crippen LogP contribution in [0.15, 0.2) is 29.0 Å². The van der Waals surface area contributed by atoms with Crippen LogP contribution in [-0.2, 0) is 6.42 Å². The van der Waals surface area contributed by atoms with Gasteiger partial charge < -0.3 is 15.1 Å². The Kier molecular flexibility index (Phi) is 5.24. The highest BCUT2D eigenvalue weighted by Gasteiger charge is 2.10. The second-order valence-corrected chi connectivity index (χ2v) is 5.05. The summed E-state index contributed by atoms with van der Waals surface area (Å²) in [5, 5.41) is 6.94. The summed E-state index contributed by atoms with van der Waals surface area (Å²) >= 11 is 6.12. The van der Waals surface area contributed by atoms with Crippen LogP contribution in [-0.4, -0.2) is 22.6 Å². The predicted molar refractivity (Wildman–Crippen MR) is 81.3 cm³/mol. The normalized spacial score (nSPS) is 12.2. The largest absolute Gasteiger partial charge is 0.469 e. The van der Waals surface area contributed by atoms with Gasteiger partial charge in [-0.3, -0.25) is 0 Å². The van der Waals surface area contributed by atoms with Gasteiger partial charge in [0.2, 0.25) is 5.95 Å². The van der Waals surface area contributed by atoms with E-state index < -0.39 is 0 Å². The molecule has 2 N–H and O–H groups in total. The maximum Gasteiger partial charge on any atom is 0.224 e. The van der Waals surface area contributed by atoms with Crippen molar-refractivity contribution >= 4 is 23.4 Å². The quantitative estimate of drug-likeness (QED) is 0.817. The number of hydrogen-bond donors (Lipinski definition) is 2. The summed E-state index contributed by atoms with van der Waals surface area (Å²) < 4.78 is 5.33. The van der Waals surface area contributed by atoms with Gasteiger partial charge in [0.15, 0.2) is 5.82 Å². The molecule has 20 heavy (non-hydrogen) atoms. The van der Waals surface area contributed by atoms with Gasteiger partial charge in [-0.1, -0.05) is 18.5 Å². The lowest BCUT2D eigenvalue weighted by Crippen LogP contribution is -2.19. The molecule has 2 heterocycles. The Morgan fingerprint density at radius 3 is 3.00 bits per heavy atom. The van der Waals surface area contributed by atoms with Crippen LogP contribution in [0.25, 0.3) is 0 Å². The van der Waals surface area contributed by atoms with Crippen molar-refractivity contribution in [3.05, 3.63) is 35.4 Å². The highest BCUT2D eigenvalue weighted by molar-refractivity contribution is 6.32. The molecular formula is C14H19ClN4O. The SMILES string of the molecule is CCCNc1ncc(Cl)c(NC(C)Cc2ccco2)n1.